The summed E-state index contributed by atoms with van der Waals surface area (Å²) in [4.78, 5) is 27.4. The van der Waals surface area contributed by atoms with E-state index < -0.39 is 0 Å². The third-order valence-corrected chi connectivity index (χ3v) is 8.03. The highest BCUT2D eigenvalue weighted by atomic mass is 16.5. The van der Waals surface area contributed by atoms with Crippen molar-refractivity contribution in [3.63, 3.8) is 0 Å². The van der Waals surface area contributed by atoms with E-state index in [9.17, 15) is 4.79 Å². The molecular weight excluding hydrogens is 462 g/mol. The molecule has 0 aliphatic carbocycles. The lowest BCUT2D eigenvalue weighted by Crippen LogP contribution is -2.53. The van der Waals surface area contributed by atoms with Crippen LogP contribution in [0.25, 0.3) is 44.5 Å². The van der Waals surface area contributed by atoms with Crippen molar-refractivity contribution in [2.75, 3.05) is 32.1 Å². The topological polar surface area (TPSA) is 86.0 Å². The average Bonchev–Trinajstić information content (AvgIpc) is 3.37. The van der Waals surface area contributed by atoms with Crippen molar-refractivity contribution in [2.24, 2.45) is 5.92 Å². The lowest BCUT2D eigenvalue weighted by atomic mass is 9.83. The first-order valence-corrected chi connectivity index (χ1v) is 12.9. The van der Waals surface area contributed by atoms with Crippen LogP contribution in [-0.2, 0) is 0 Å². The molecule has 186 valence electrons. The van der Waals surface area contributed by atoms with E-state index in [1.807, 2.05) is 54.6 Å². The van der Waals surface area contributed by atoms with Gasteiger partial charge in [0.1, 0.15) is 17.1 Å². The van der Waals surface area contributed by atoms with E-state index in [1.165, 1.54) is 12.8 Å². The third kappa shape index (κ3) is 3.86. The van der Waals surface area contributed by atoms with Crippen molar-refractivity contribution >= 4 is 27.6 Å². The predicted molar refractivity (Wildman–Crippen MR) is 148 cm³/mol. The van der Waals surface area contributed by atoms with Crippen LogP contribution in [0.1, 0.15) is 12.8 Å². The van der Waals surface area contributed by atoms with E-state index in [0.717, 1.165) is 64.1 Å². The van der Waals surface area contributed by atoms with Gasteiger partial charge >= 0.3 is 0 Å². The second-order valence-corrected chi connectivity index (χ2v) is 10.2. The molecule has 5 heterocycles. The highest BCUT2D eigenvalue weighted by Crippen LogP contribution is 2.37. The lowest BCUT2D eigenvalue weighted by Gasteiger charge is -2.45. The lowest BCUT2D eigenvalue weighted by molar-refractivity contribution is 0.0976. The van der Waals surface area contributed by atoms with Gasteiger partial charge in [0.15, 0.2) is 0 Å². The van der Waals surface area contributed by atoms with Crippen molar-refractivity contribution in [3.05, 3.63) is 77.1 Å². The van der Waals surface area contributed by atoms with E-state index in [2.05, 4.69) is 32.3 Å². The van der Waals surface area contributed by atoms with E-state index in [4.69, 9.17) is 9.72 Å². The standard InChI is InChI=1S/C30H29N5O2/c1-37-21-6-4-5-19(15-21)20-9-10-23-22(16-20)28(31-26-17-35-13-11-18(26)12-14-35)27(30(36)34-23)29-32-24-7-2-3-8-25(24)33-29/h2-10,15-16,18,26H,11-14,17H2,1H3,(H,32,33)(H2,31,34,36)/t26-/m0/s1. The number of methoxy groups -OCH3 is 1. The number of nitrogens with zero attached hydrogens (tertiary/aromatic N) is 2. The van der Waals surface area contributed by atoms with Gasteiger partial charge in [-0.05, 0) is 79.4 Å². The molecule has 5 aromatic rings. The number of H-pyrrole nitrogens is 2. The van der Waals surface area contributed by atoms with Crippen LogP contribution in [0.2, 0.25) is 0 Å². The van der Waals surface area contributed by atoms with Crippen molar-refractivity contribution < 1.29 is 4.74 Å². The van der Waals surface area contributed by atoms with Crippen LogP contribution in [0, 0.1) is 5.92 Å². The van der Waals surface area contributed by atoms with E-state index in [-0.39, 0.29) is 11.6 Å². The minimum atomic E-state index is -0.149. The minimum absolute atomic E-state index is 0.149. The number of pyridine rings is 1. The van der Waals surface area contributed by atoms with Crippen molar-refractivity contribution in [1.29, 1.82) is 0 Å². The Morgan fingerprint density at radius 1 is 0.946 bits per heavy atom. The SMILES string of the molecule is COc1cccc(-c2ccc3[nH]c(=O)c(-c4nc5ccccc5[nH]4)c(N[C@H]4CN5CCC4CC5)c3c2)c1. The maximum absolute atomic E-state index is 13.6. The Kier molecular flexibility index (Phi) is 5.25. The number of hydrogen-bond acceptors (Lipinski definition) is 5. The molecule has 0 amide bonds. The maximum Gasteiger partial charge on any atom is 0.261 e. The molecule has 3 aromatic carbocycles. The van der Waals surface area contributed by atoms with Crippen molar-refractivity contribution in [3.8, 4) is 28.3 Å². The highest BCUT2D eigenvalue weighted by Gasteiger charge is 2.35. The van der Waals surface area contributed by atoms with Crippen LogP contribution in [-0.4, -0.2) is 52.6 Å². The second kappa shape index (κ2) is 8.78. The number of para-hydroxylation sites is 2. The normalized spacial score (nSPS) is 20.9. The number of imidazole rings is 1. The summed E-state index contributed by atoms with van der Waals surface area (Å²) in [6.07, 6.45) is 2.38. The zero-order valence-corrected chi connectivity index (χ0v) is 20.8. The molecule has 37 heavy (non-hydrogen) atoms. The molecule has 2 bridgehead atoms. The average molecular weight is 492 g/mol. The van der Waals surface area contributed by atoms with Gasteiger partial charge in [-0.1, -0.05) is 30.3 Å². The molecule has 8 rings (SSSR count). The number of ether oxygens (including phenoxy) is 1. The van der Waals surface area contributed by atoms with E-state index in [0.29, 0.717) is 17.3 Å². The third-order valence-electron chi connectivity index (χ3n) is 8.03. The van der Waals surface area contributed by atoms with Gasteiger partial charge in [-0.3, -0.25) is 4.79 Å². The van der Waals surface area contributed by atoms with Crippen molar-refractivity contribution in [1.82, 2.24) is 19.9 Å². The quantitative estimate of drug-likeness (QED) is 0.313. The summed E-state index contributed by atoms with van der Waals surface area (Å²) in [6, 6.07) is 22.4. The van der Waals surface area contributed by atoms with Crippen molar-refractivity contribution in [2.45, 2.75) is 18.9 Å². The summed E-state index contributed by atoms with van der Waals surface area (Å²) >= 11 is 0. The molecule has 7 heteroatoms. The molecule has 3 aliphatic rings. The largest absolute Gasteiger partial charge is 0.497 e. The van der Waals surface area contributed by atoms with Gasteiger partial charge in [-0.15, -0.1) is 0 Å². The van der Waals surface area contributed by atoms with Gasteiger partial charge in [0, 0.05) is 18.0 Å². The summed E-state index contributed by atoms with van der Waals surface area (Å²) in [5.74, 6) is 2.00. The van der Waals surface area contributed by atoms with Crippen LogP contribution in [0.4, 0.5) is 5.69 Å². The molecule has 0 saturated carbocycles. The molecule has 7 nitrogen and oxygen atoms in total. The summed E-state index contributed by atoms with van der Waals surface area (Å²) in [5, 5.41) is 4.84. The number of rotatable bonds is 5. The Bertz CT molecular complexity index is 1650. The molecule has 3 saturated heterocycles. The summed E-state index contributed by atoms with van der Waals surface area (Å²) in [5.41, 5.74) is 5.94. The smallest absolute Gasteiger partial charge is 0.261 e. The minimum Gasteiger partial charge on any atom is -0.497 e. The van der Waals surface area contributed by atoms with Crippen LogP contribution in [0.15, 0.2) is 71.5 Å². The number of hydrogen-bond donors (Lipinski definition) is 3. The van der Waals surface area contributed by atoms with Crippen LogP contribution in [0.5, 0.6) is 5.75 Å². The predicted octanol–water partition coefficient (Wildman–Crippen LogP) is 5.25. The number of benzene rings is 3. The number of anilines is 1. The fourth-order valence-electron chi connectivity index (χ4n) is 6.04. The molecule has 3 fully saturated rings. The number of aromatic amines is 2. The van der Waals surface area contributed by atoms with Gasteiger partial charge in [0.25, 0.3) is 5.56 Å². The van der Waals surface area contributed by atoms with Gasteiger partial charge in [-0.2, -0.15) is 0 Å². The molecule has 0 radical (unpaired) electrons. The zero-order valence-electron chi connectivity index (χ0n) is 20.8. The first-order valence-electron chi connectivity index (χ1n) is 12.9. The Balaban J connectivity index is 1.44. The van der Waals surface area contributed by atoms with Crippen LogP contribution >= 0.6 is 0 Å². The van der Waals surface area contributed by atoms with E-state index in [1.54, 1.807) is 7.11 Å². The maximum atomic E-state index is 13.6. The fourth-order valence-corrected chi connectivity index (χ4v) is 6.04. The number of piperidine rings is 3. The van der Waals surface area contributed by atoms with Gasteiger partial charge in [-0.25, -0.2) is 4.98 Å². The number of fused-ring (bicyclic) bond motifs is 5. The molecule has 0 spiro atoms. The highest BCUT2D eigenvalue weighted by molar-refractivity contribution is 6.01. The second-order valence-electron chi connectivity index (χ2n) is 10.2. The van der Waals surface area contributed by atoms with Crippen LogP contribution in [0.3, 0.4) is 0 Å². The number of nitrogens with one attached hydrogen (secondary N) is 3. The van der Waals surface area contributed by atoms with E-state index >= 15 is 0 Å². The Morgan fingerprint density at radius 3 is 2.57 bits per heavy atom. The Hall–Kier alpha value is -4.10. The Morgan fingerprint density at radius 2 is 1.78 bits per heavy atom. The summed E-state index contributed by atoms with van der Waals surface area (Å²) < 4.78 is 5.46. The molecule has 3 N–H and O–H groups in total. The number of aromatic nitrogens is 3. The van der Waals surface area contributed by atoms with Gasteiger partial charge < -0.3 is 24.9 Å². The summed E-state index contributed by atoms with van der Waals surface area (Å²) in [6.45, 7) is 3.32. The molecular formula is C30H29N5O2. The molecule has 3 aliphatic heterocycles. The van der Waals surface area contributed by atoms with Crippen LogP contribution < -0.4 is 15.6 Å². The summed E-state index contributed by atoms with van der Waals surface area (Å²) in [7, 11) is 1.68. The Labute approximate surface area is 214 Å². The zero-order chi connectivity index (χ0) is 24.9. The molecule has 0 unspecified atom stereocenters. The first-order chi connectivity index (χ1) is 18.2. The molecule has 1 atom stereocenters. The monoisotopic (exact) mass is 491 g/mol. The first kappa shape index (κ1) is 22.1. The fraction of sp³-hybridized carbons (Fsp3) is 0.267. The molecule has 2 aromatic heterocycles. The van der Waals surface area contributed by atoms with Gasteiger partial charge in [0.05, 0.1) is 29.3 Å². The van der Waals surface area contributed by atoms with Gasteiger partial charge in [0.2, 0.25) is 0 Å².